The molecule has 1 aromatic rings. The Kier molecular flexibility index (Phi) is 3.96. The molecule has 1 N–H and O–H groups in total. The molecule has 2 heteroatoms. The minimum atomic E-state index is -0.236. The summed E-state index contributed by atoms with van der Waals surface area (Å²) in [5.41, 5.74) is 2.43. The van der Waals surface area contributed by atoms with Crippen LogP contribution in [0.15, 0.2) is 18.2 Å². The second-order valence-corrected chi connectivity index (χ2v) is 3.63. The van der Waals surface area contributed by atoms with Crippen molar-refractivity contribution in [3.05, 3.63) is 29.3 Å². The van der Waals surface area contributed by atoms with E-state index >= 15 is 0 Å². The van der Waals surface area contributed by atoms with E-state index in [9.17, 15) is 5.11 Å². The molecule has 1 aromatic carbocycles. The molecule has 0 aliphatic rings. The van der Waals surface area contributed by atoms with Crippen LogP contribution in [0.4, 0.5) is 0 Å². The van der Waals surface area contributed by atoms with E-state index < -0.39 is 0 Å². The number of rotatable bonds is 4. The molecule has 2 nitrogen and oxygen atoms in total. The third-order valence-corrected chi connectivity index (χ3v) is 2.45. The van der Waals surface area contributed by atoms with Crippen LogP contribution in [0.1, 0.15) is 24.5 Å². The van der Waals surface area contributed by atoms with Gasteiger partial charge in [0.1, 0.15) is 5.75 Å². The van der Waals surface area contributed by atoms with Crippen LogP contribution in [-0.2, 0) is 6.42 Å². The maximum absolute atomic E-state index is 9.20. The van der Waals surface area contributed by atoms with Crippen LogP contribution in [0.2, 0.25) is 0 Å². The zero-order chi connectivity index (χ0) is 10.6. The second kappa shape index (κ2) is 5.01. The molecular weight excluding hydrogens is 176 g/mol. The standard InChI is InChI=1S/C12H18O2/c1-9(13)7-8-11-5-4-6-12(14-3)10(11)2/h4-6,9,13H,7-8H2,1-3H3/t9-/m0/s1. The van der Waals surface area contributed by atoms with Crippen molar-refractivity contribution in [1.29, 1.82) is 0 Å². The van der Waals surface area contributed by atoms with E-state index in [0.29, 0.717) is 0 Å². The van der Waals surface area contributed by atoms with Crippen molar-refractivity contribution in [2.24, 2.45) is 0 Å². The van der Waals surface area contributed by atoms with Gasteiger partial charge in [-0.05, 0) is 43.9 Å². The summed E-state index contributed by atoms with van der Waals surface area (Å²) in [6, 6.07) is 6.03. The van der Waals surface area contributed by atoms with Crippen LogP contribution in [0.5, 0.6) is 5.75 Å². The van der Waals surface area contributed by atoms with Gasteiger partial charge >= 0.3 is 0 Å². The lowest BCUT2D eigenvalue weighted by Crippen LogP contribution is -2.03. The van der Waals surface area contributed by atoms with Crippen molar-refractivity contribution in [1.82, 2.24) is 0 Å². The highest BCUT2D eigenvalue weighted by atomic mass is 16.5. The molecule has 0 bridgehead atoms. The Bertz CT molecular complexity index is 292. The molecule has 0 saturated carbocycles. The number of aliphatic hydroxyl groups is 1. The van der Waals surface area contributed by atoms with Crippen molar-refractivity contribution >= 4 is 0 Å². The van der Waals surface area contributed by atoms with Gasteiger partial charge in [0, 0.05) is 0 Å². The molecule has 0 aromatic heterocycles. The molecule has 0 fully saturated rings. The van der Waals surface area contributed by atoms with E-state index in [4.69, 9.17) is 4.74 Å². The first-order chi connectivity index (χ1) is 6.65. The highest BCUT2D eigenvalue weighted by Crippen LogP contribution is 2.22. The number of benzene rings is 1. The zero-order valence-electron chi connectivity index (χ0n) is 9.08. The fourth-order valence-corrected chi connectivity index (χ4v) is 1.52. The Labute approximate surface area is 85.5 Å². The number of methoxy groups -OCH3 is 1. The Morgan fingerprint density at radius 1 is 1.43 bits per heavy atom. The largest absolute Gasteiger partial charge is 0.496 e. The Morgan fingerprint density at radius 3 is 2.71 bits per heavy atom. The normalized spacial score (nSPS) is 12.6. The van der Waals surface area contributed by atoms with Crippen LogP contribution in [-0.4, -0.2) is 18.3 Å². The van der Waals surface area contributed by atoms with E-state index in [2.05, 4.69) is 13.0 Å². The SMILES string of the molecule is COc1cccc(CC[C@H](C)O)c1C. The summed E-state index contributed by atoms with van der Waals surface area (Å²) in [7, 11) is 1.68. The summed E-state index contributed by atoms with van der Waals surface area (Å²) in [5, 5.41) is 9.20. The fourth-order valence-electron chi connectivity index (χ4n) is 1.52. The lowest BCUT2D eigenvalue weighted by molar-refractivity contribution is 0.185. The monoisotopic (exact) mass is 194 g/mol. The lowest BCUT2D eigenvalue weighted by atomic mass is 10.0. The van der Waals surface area contributed by atoms with Crippen LogP contribution in [0.3, 0.4) is 0 Å². The van der Waals surface area contributed by atoms with Crippen molar-refractivity contribution in [2.45, 2.75) is 32.8 Å². The number of ether oxygens (including phenoxy) is 1. The van der Waals surface area contributed by atoms with E-state index in [1.807, 2.05) is 19.1 Å². The Hall–Kier alpha value is -1.02. The molecule has 0 radical (unpaired) electrons. The molecule has 0 aliphatic heterocycles. The molecular formula is C12H18O2. The predicted octanol–water partition coefficient (Wildman–Crippen LogP) is 2.32. The Morgan fingerprint density at radius 2 is 2.14 bits per heavy atom. The Balaban J connectivity index is 2.76. The van der Waals surface area contributed by atoms with E-state index in [1.54, 1.807) is 7.11 Å². The molecule has 0 spiro atoms. The molecule has 0 aliphatic carbocycles. The number of hydrogen-bond acceptors (Lipinski definition) is 2. The zero-order valence-corrected chi connectivity index (χ0v) is 9.08. The highest BCUT2D eigenvalue weighted by molar-refractivity contribution is 5.39. The van der Waals surface area contributed by atoms with Gasteiger partial charge in [-0.1, -0.05) is 12.1 Å². The topological polar surface area (TPSA) is 29.5 Å². The number of aryl methyl sites for hydroxylation is 1. The predicted molar refractivity (Wildman–Crippen MR) is 57.7 cm³/mol. The summed E-state index contributed by atoms with van der Waals surface area (Å²) >= 11 is 0. The van der Waals surface area contributed by atoms with E-state index in [0.717, 1.165) is 18.6 Å². The third-order valence-electron chi connectivity index (χ3n) is 2.45. The molecule has 0 heterocycles. The minimum Gasteiger partial charge on any atom is -0.496 e. The van der Waals surface area contributed by atoms with Crippen molar-refractivity contribution < 1.29 is 9.84 Å². The van der Waals surface area contributed by atoms with Gasteiger partial charge in [0.2, 0.25) is 0 Å². The summed E-state index contributed by atoms with van der Waals surface area (Å²) in [5.74, 6) is 0.924. The van der Waals surface area contributed by atoms with Crippen molar-refractivity contribution in [2.75, 3.05) is 7.11 Å². The minimum absolute atomic E-state index is 0.236. The van der Waals surface area contributed by atoms with Crippen molar-refractivity contribution in [3.63, 3.8) is 0 Å². The van der Waals surface area contributed by atoms with Gasteiger partial charge in [-0.15, -0.1) is 0 Å². The summed E-state index contributed by atoms with van der Waals surface area (Å²) in [6.45, 7) is 3.87. The number of hydrogen-bond donors (Lipinski definition) is 1. The van der Waals surface area contributed by atoms with Crippen LogP contribution < -0.4 is 4.74 Å². The second-order valence-electron chi connectivity index (χ2n) is 3.63. The molecule has 0 saturated heterocycles. The smallest absolute Gasteiger partial charge is 0.122 e. The summed E-state index contributed by atoms with van der Waals surface area (Å²) in [6.07, 6.45) is 1.47. The lowest BCUT2D eigenvalue weighted by Gasteiger charge is -2.10. The van der Waals surface area contributed by atoms with E-state index in [1.165, 1.54) is 11.1 Å². The van der Waals surface area contributed by atoms with Crippen LogP contribution >= 0.6 is 0 Å². The average molecular weight is 194 g/mol. The number of aliphatic hydroxyl groups excluding tert-OH is 1. The van der Waals surface area contributed by atoms with Gasteiger partial charge in [-0.25, -0.2) is 0 Å². The average Bonchev–Trinajstić information content (AvgIpc) is 2.16. The van der Waals surface area contributed by atoms with Gasteiger partial charge in [0.05, 0.1) is 13.2 Å². The maximum atomic E-state index is 9.20. The van der Waals surface area contributed by atoms with Gasteiger partial charge in [0.25, 0.3) is 0 Å². The van der Waals surface area contributed by atoms with E-state index in [-0.39, 0.29) is 6.10 Å². The fraction of sp³-hybridized carbons (Fsp3) is 0.500. The van der Waals surface area contributed by atoms with Gasteiger partial charge in [-0.2, -0.15) is 0 Å². The maximum Gasteiger partial charge on any atom is 0.122 e. The molecule has 1 rings (SSSR count). The quantitative estimate of drug-likeness (QED) is 0.797. The van der Waals surface area contributed by atoms with Gasteiger partial charge in [-0.3, -0.25) is 0 Å². The molecule has 1 atom stereocenters. The molecule has 0 amide bonds. The van der Waals surface area contributed by atoms with Gasteiger partial charge < -0.3 is 9.84 Å². The highest BCUT2D eigenvalue weighted by Gasteiger charge is 2.04. The summed E-state index contributed by atoms with van der Waals surface area (Å²) in [4.78, 5) is 0. The van der Waals surface area contributed by atoms with Crippen LogP contribution in [0, 0.1) is 6.92 Å². The van der Waals surface area contributed by atoms with Crippen LogP contribution in [0.25, 0.3) is 0 Å². The first kappa shape index (κ1) is 11.1. The first-order valence-electron chi connectivity index (χ1n) is 4.95. The third kappa shape index (κ3) is 2.74. The molecule has 78 valence electrons. The molecule has 0 unspecified atom stereocenters. The van der Waals surface area contributed by atoms with Crippen molar-refractivity contribution in [3.8, 4) is 5.75 Å². The first-order valence-corrected chi connectivity index (χ1v) is 4.95. The van der Waals surface area contributed by atoms with Gasteiger partial charge in [0.15, 0.2) is 0 Å². The molecule has 14 heavy (non-hydrogen) atoms. The summed E-state index contributed by atoms with van der Waals surface area (Å²) < 4.78 is 5.23.